The lowest BCUT2D eigenvalue weighted by atomic mass is 10.2. The van der Waals surface area contributed by atoms with Crippen LogP contribution in [0, 0.1) is 0 Å². The Morgan fingerprint density at radius 3 is 3.00 bits per heavy atom. The van der Waals surface area contributed by atoms with Crippen molar-refractivity contribution in [3.63, 3.8) is 0 Å². The highest BCUT2D eigenvalue weighted by Crippen LogP contribution is 2.40. The van der Waals surface area contributed by atoms with Crippen LogP contribution >= 0.6 is 11.3 Å². The minimum Gasteiger partial charge on any atom is -0.504 e. The second-order valence-electron chi connectivity index (χ2n) is 2.91. The third kappa shape index (κ3) is 1.28. The van der Waals surface area contributed by atoms with E-state index in [1.54, 1.807) is 6.07 Å². The number of benzene rings is 1. The van der Waals surface area contributed by atoms with Gasteiger partial charge >= 0.3 is 0 Å². The van der Waals surface area contributed by atoms with Crippen LogP contribution in [0.5, 0.6) is 11.5 Å². The maximum Gasteiger partial charge on any atom is 0.168 e. The zero-order valence-corrected chi connectivity index (χ0v) is 8.60. The molecule has 0 spiro atoms. The fraction of sp³-hybridized carbons (Fsp3) is 0.200. The van der Waals surface area contributed by atoms with Crippen LogP contribution in [-0.4, -0.2) is 11.7 Å². The number of thiophene rings is 1. The Morgan fingerprint density at radius 1 is 1.50 bits per heavy atom. The summed E-state index contributed by atoms with van der Waals surface area (Å²) in [6, 6.07) is 3.66. The van der Waals surface area contributed by atoms with Gasteiger partial charge in [0.15, 0.2) is 11.5 Å². The lowest BCUT2D eigenvalue weighted by Gasteiger charge is -2.06. The van der Waals surface area contributed by atoms with Crippen LogP contribution < -0.4 is 10.5 Å². The number of ether oxygens (including phenoxy) is 1. The predicted molar refractivity (Wildman–Crippen MR) is 59.1 cm³/mol. The monoisotopic (exact) mass is 209 g/mol. The molecule has 2 aromatic rings. The Hall–Kier alpha value is -1.42. The van der Waals surface area contributed by atoms with Crippen molar-refractivity contribution in [1.82, 2.24) is 0 Å². The first kappa shape index (κ1) is 9.15. The fourth-order valence-corrected chi connectivity index (χ4v) is 2.24. The number of phenolic OH excluding ortho intramolecular Hbond substituents is 1. The number of hydrogen-bond donors (Lipinski definition) is 2. The summed E-state index contributed by atoms with van der Waals surface area (Å²) in [6.45, 7) is 2.41. The molecule has 4 heteroatoms. The van der Waals surface area contributed by atoms with E-state index in [1.165, 1.54) is 11.3 Å². The predicted octanol–water partition coefficient (Wildman–Crippen LogP) is 2.59. The Balaban J connectivity index is 2.66. The van der Waals surface area contributed by atoms with Gasteiger partial charge in [-0.1, -0.05) is 0 Å². The summed E-state index contributed by atoms with van der Waals surface area (Å²) in [5.41, 5.74) is 6.34. The Bertz CT molecular complexity index is 464. The van der Waals surface area contributed by atoms with Crippen LogP contribution in [0.3, 0.4) is 0 Å². The number of anilines is 1. The summed E-state index contributed by atoms with van der Waals surface area (Å²) in [6.07, 6.45) is 0. The molecule has 0 unspecified atom stereocenters. The highest BCUT2D eigenvalue weighted by atomic mass is 32.1. The molecule has 0 amide bonds. The van der Waals surface area contributed by atoms with E-state index in [2.05, 4.69) is 0 Å². The Kier molecular flexibility index (Phi) is 2.21. The molecule has 0 fully saturated rings. The smallest absolute Gasteiger partial charge is 0.168 e. The minimum absolute atomic E-state index is 0.142. The average Bonchev–Trinajstić information content (AvgIpc) is 2.54. The molecule has 74 valence electrons. The van der Waals surface area contributed by atoms with Crippen molar-refractivity contribution in [3.8, 4) is 11.5 Å². The number of phenols is 1. The van der Waals surface area contributed by atoms with Crippen molar-refractivity contribution >= 4 is 27.1 Å². The SMILES string of the molecule is CCOc1ccc2scc(N)c2c1O. The normalized spacial score (nSPS) is 10.6. The zero-order chi connectivity index (χ0) is 10.1. The van der Waals surface area contributed by atoms with Gasteiger partial charge in [0, 0.05) is 10.1 Å². The molecule has 3 nitrogen and oxygen atoms in total. The van der Waals surface area contributed by atoms with Crippen molar-refractivity contribution < 1.29 is 9.84 Å². The topological polar surface area (TPSA) is 55.5 Å². The fourth-order valence-electron chi connectivity index (χ4n) is 1.39. The van der Waals surface area contributed by atoms with Gasteiger partial charge in [0.25, 0.3) is 0 Å². The van der Waals surface area contributed by atoms with Gasteiger partial charge in [-0.2, -0.15) is 0 Å². The Labute approximate surface area is 85.7 Å². The molecule has 0 aliphatic heterocycles. The summed E-state index contributed by atoms with van der Waals surface area (Å²) in [5, 5.41) is 12.4. The Morgan fingerprint density at radius 2 is 2.29 bits per heavy atom. The standard InChI is InChI=1S/C10H11NO2S/c1-2-13-7-3-4-8-9(10(7)12)6(11)5-14-8/h3-5,12H,2,11H2,1H3. The molecule has 0 saturated carbocycles. The molecule has 0 aliphatic rings. The minimum atomic E-state index is 0.142. The van der Waals surface area contributed by atoms with E-state index in [-0.39, 0.29) is 5.75 Å². The number of aromatic hydroxyl groups is 1. The summed E-state index contributed by atoms with van der Waals surface area (Å²) in [5.74, 6) is 0.633. The lowest BCUT2D eigenvalue weighted by molar-refractivity contribution is 0.320. The molecule has 0 atom stereocenters. The van der Waals surface area contributed by atoms with Gasteiger partial charge in [-0.3, -0.25) is 0 Å². The highest BCUT2D eigenvalue weighted by Gasteiger charge is 2.11. The molecule has 1 aromatic heterocycles. The third-order valence-corrected chi connectivity index (χ3v) is 2.97. The molecule has 3 N–H and O–H groups in total. The van der Waals surface area contributed by atoms with E-state index >= 15 is 0 Å². The van der Waals surface area contributed by atoms with Gasteiger partial charge in [0.1, 0.15) is 0 Å². The average molecular weight is 209 g/mol. The first-order chi connectivity index (χ1) is 6.74. The van der Waals surface area contributed by atoms with Gasteiger partial charge in [0.05, 0.1) is 17.7 Å². The summed E-state index contributed by atoms with van der Waals surface area (Å²) < 4.78 is 6.24. The van der Waals surface area contributed by atoms with E-state index in [4.69, 9.17) is 10.5 Å². The van der Waals surface area contributed by atoms with E-state index in [0.717, 1.165) is 4.70 Å². The molecular weight excluding hydrogens is 198 g/mol. The number of rotatable bonds is 2. The molecule has 2 rings (SSSR count). The van der Waals surface area contributed by atoms with Crippen molar-refractivity contribution in [3.05, 3.63) is 17.5 Å². The van der Waals surface area contributed by atoms with E-state index in [0.29, 0.717) is 23.4 Å². The zero-order valence-electron chi connectivity index (χ0n) is 7.78. The molecule has 1 heterocycles. The van der Waals surface area contributed by atoms with Crippen LogP contribution in [0.25, 0.3) is 10.1 Å². The number of nitrogens with two attached hydrogens (primary N) is 1. The van der Waals surface area contributed by atoms with Crippen molar-refractivity contribution in [2.75, 3.05) is 12.3 Å². The van der Waals surface area contributed by atoms with Crippen molar-refractivity contribution in [2.24, 2.45) is 0 Å². The van der Waals surface area contributed by atoms with Gasteiger partial charge in [-0.15, -0.1) is 11.3 Å². The second kappa shape index (κ2) is 3.38. The number of nitrogen functional groups attached to an aromatic ring is 1. The van der Waals surface area contributed by atoms with Crippen LogP contribution in [0.15, 0.2) is 17.5 Å². The van der Waals surface area contributed by atoms with Crippen LogP contribution in [0.1, 0.15) is 6.92 Å². The van der Waals surface area contributed by atoms with Crippen molar-refractivity contribution in [2.45, 2.75) is 6.92 Å². The van der Waals surface area contributed by atoms with Gasteiger partial charge < -0.3 is 15.6 Å². The third-order valence-electron chi connectivity index (χ3n) is 2.00. The molecule has 1 aromatic carbocycles. The molecule has 0 bridgehead atoms. The van der Waals surface area contributed by atoms with E-state index in [9.17, 15) is 5.11 Å². The van der Waals surface area contributed by atoms with E-state index < -0.39 is 0 Å². The molecule has 0 aliphatic carbocycles. The van der Waals surface area contributed by atoms with Crippen LogP contribution in [0.2, 0.25) is 0 Å². The summed E-state index contributed by atoms with van der Waals surface area (Å²) >= 11 is 1.51. The number of hydrogen-bond acceptors (Lipinski definition) is 4. The summed E-state index contributed by atoms with van der Waals surface area (Å²) in [4.78, 5) is 0. The highest BCUT2D eigenvalue weighted by molar-refractivity contribution is 7.17. The second-order valence-corrected chi connectivity index (χ2v) is 3.82. The molecular formula is C10H11NO2S. The molecule has 0 radical (unpaired) electrons. The maximum absolute atomic E-state index is 9.85. The largest absolute Gasteiger partial charge is 0.504 e. The molecule has 14 heavy (non-hydrogen) atoms. The van der Waals surface area contributed by atoms with Crippen LogP contribution in [0.4, 0.5) is 5.69 Å². The van der Waals surface area contributed by atoms with E-state index in [1.807, 2.05) is 18.4 Å². The quantitative estimate of drug-likeness (QED) is 0.799. The lowest BCUT2D eigenvalue weighted by Crippen LogP contribution is -1.92. The maximum atomic E-state index is 9.85. The van der Waals surface area contributed by atoms with Crippen molar-refractivity contribution in [1.29, 1.82) is 0 Å². The van der Waals surface area contributed by atoms with Gasteiger partial charge in [0.2, 0.25) is 0 Å². The van der Waals surface area contributed by atoms with Gasteiger partial charge in [-0.25, -0.2) is 0 Å². The summed E-state index contributed by atoms with van der Waals surface area (Å²) in [7, 11) is 0. The number of fused-ring (bicyclic) bond motifs is 1. The first-order valence-electron chi connectivity index (χ1n) is 4.35. The van der Waals surface area contributed by atoms with Crippen LogP contribution in [-0.2, 0) is 0 Å². The first-order valence-corrected chi connectivity index (χ1v) is 5.23. The molecule has 0 saturated heterocycles. The van der Waals surface area contributed by atoms with Gasteiger partial charge in [-0.05, 0) is 19.1 Å².